The van der Waals surface area contributed by atoms with E-state index < -0.39 is 17.8 Å². The molecular formula is C14H12FN3O3. The quantitative estimate of drug-likeness (QED) is 0.810. The van der Waals surface area contributed by atoms with Crippen molar-refractivity contribution in [1.82, 2.24) is 4.98 Å². The van der Waals surface area contributed by atoms with Gasteiger partial charge in [0.2, 0.25) is 0 Å². The van der Waals surface area contributed by atoms with Crippen molar-refractivity contribution in [3.63, 3.8) is 0 Å². The number of pyridine rings is 1. The van der Waals surface area contributed by atoms with Crippen LogP contribution in [-0.4, -0.2) is 22.1 Å². The fourth-order valence-electron chi connectivity index (χ4n) is 1.62. The highest BCUT2D eigenvalue weighted by Gasteiger charge is 2.11. The van der Waals surface area contributed by atoms with Gasteiger partial charge in [-0.15, -0.1) is 0 Å². The van der Waals surface area contributed by atoms with Crippen LogP contribution in [-0.2, 0) is 0 Å². The van der Waals surface area contributed by atoms with Gasteiger partial charge in [-0.2, -0.15) is 0 Å². The van der Waals surface area contributed by atoms with Gasteiger partial charge in [-0.3, -0.25) is 4.98 Å². The standard InChI is InChI=1S/C14H12FN3O3/c1-8-4-5-16-7-12(8)18-14(21)17-11-6-9(13(19)20)2-3-10(11)15/h2-7H,1H3,(H,19,20)(H2,17,18,21). The number of halogens is 1. The predicted molar refractivity (Wildman–Crippen MR) is 75.0 cm³/mol. The Morgan fingerprint density at radius 1 is 1.19 bits per heavy atom. The van der Waals surface area contributed by atoms with Gasteiger partial charge < -0.3 is 15.7 Å². The summed E-state index contributed by atoms with van der Waals surface area (Å²) in [6.45, 7) is 1.78. The molecule has 0 saturated heterocycles. The zero-order chi connectivity index (χ0) is 15.4. The van der Waals surface area contributed by atoms with Crippen molar-refractivity contribution < 1.29 is 19.1 Å². The number of anilines is 2. The molecule has 0 radical (unpaired) electrons. The van der Waals surface area contributed by atoms with E-state index >= 15 is 0 Å². The number of urea groups is 1. The molecule has 21 heavy (non-hydrogen) atoms. The second kappa shape index (κ2) is 6.00. The van der Waals surface area contributed by atoms with E-state index in [2.05, 4.69) is 15.6 Å². The molecule has 0 saturated carbocycles. The molecule has 0 bridgehead atoms. The number of aromatic carboxylic acids is 1. The Balaban J connectivity index is 2.15. The van der Waals surface area contributed by atoms with E-state index in [4.69, 9.17) is 5.11 Å². The smallest absolute Gasteiger partial charge is 0.335 e. The number of nitrogens with one attached hydrogen (secondary N) is 2. The average molecular weight is 289 g/mol. The van der Waals surface area contributed by atoms with Gasteiger partial charge in [0, 0.05) is 6.20 Å². The molecule has 2 aromatic rings. The number of carboxylic acid groups (broad SMARTS) is 1. The second-order valence-corrected chi connectivity index (χ2v) is 4.27. The van der Waals surface area contributed by atoms with Gasteiger partial charge in [0.15, 0.2) is 0 Å². The number of rotatable bonds is 3. The molecule has 0 spiro atoms. The molecule has 7 heteroatoms. The lowest BCUT2D eigenvalue weighted by Crippen LogP contribution is -2.21. The Morgan fingerprint density at radius 2 is 1.90 bits per heavy atom. The topological polar surface area (TPSA) is 91.3 Å². The molecule has 0 aliphatic heterocycles. The summed E-state index contributed by atoms with van der Waals surface area (Å²) in [6, 6.07) is 4.17. The molecule has 6 nitrogen and oxygen atoms in total. The summed E-state index contributed by atoms with van der Waals surface area (Å²) in [4.78, 5) is 26.5. The normalized spacial score (nSPS) is 10.0. The number of benzene rings is 1. The van der Waals surface area contributed by atoms with Gasteiger partial charge in [-0.1, -0.05) is 0 Å². The minimum atomic E-state index is -1.21. The van der Waals surface area contributed by atoms with Crippen molar-refractivity contribution in [1.29, 1.82) is 0 Å². The number of aromatic nitrogens is 1. The first kappa shape index (κ1) is 14.4. The van der Waals surface area contributed by atoms with Gasteiger partial charge in [-0.05, 0) is 36.8 Å². The maximum atomic E-state index is 13.6. The molecule has 108 valence electrons. The third-order valence-electron chi connectivity index (χ3n) is 2.75. The van der Waals surface area contributed by atoms with E-state index in [9.17, 15) is 14.0 Å². The van der Waals surface area contributed by atoms with E-state index in [0.29, 0.717) is 5.69 Å². The van der Waals surface area contributed by atoms with Crippen LogP contribution in [0.25, 0.3) is 0 Å². The molecule has 1 aromatic heterocycles. The highest BCUT2D eigenvalue weighted by Crippen LogP contribution is 2.17. The number of hydrogen-bond acceptors (Lipinski definition) is 3. The number of amides is 2. The molecular weight excluding hydrogens is 277 g/mol. The summed E-state index contributed by atoms with van der Waals surface area (Å²) in [6.07, 6.45) is 3.04. The lowest BCUT2D eigenvalue weighted by atomic mass is 10.2. The molecule has 0 aliphatic carbocycles. The highest BCUT2D eigenvalue weighted by molar-refractivity contribution is 6.01. The Morgan fingerprint density at radius 3 is 2.57 bits per heavy atom. The van der Waals surface area contributed by atoms with Crippen LogP contribution >= 0.6 is 0 Å². The first-order chi connectivity index (χ1) is 9.97. The van der Waals surface area contributed by atoms with Crippen LogP contribution in [0.1, 0.15) is 15.9 Å². The first-order valence-electron chi connectivity index (χ1n) is 5.99. The summed E-state index contributed by atoms with van der Waals surface area (Å²) in [5, 5.41) is 13.6. The third-order valence-corrected chi connectivity index (χ3v) is 2.75. The maximum Gasteiger partial charge on any atom is 0.335 e. The van der Waals surface area contributed by atoms with Crippen LogP contribution in [0.4, 0.5) is 20.6 Å². The number of hydrogen-bond donors (Lipinski definition) is 3. The van der Waals surface area contributed by atoms with Crippen LogP contribution in [0.3, 0.4) is 0 Å². The molecule has 1 heterocycles. The van der Waals surface area contributed by atoms with E-state index in [1.165, 1.54) is 6.20 Å². The number of aryl methyl sites for hydroxylation is 1. The zero-order valence-corrected chi connectivity index (χ0v) is 11.1. The van der Waals surface area contributed by atoms with Gasteiger partial charge in [-0.25, -0.2) is 14.0 Å². The number of carbonyl (C=O) groups excluding carboxylic acids is 1. The minimum Gasteiger partial charge on any atom is -0.478 e. The Labute approximate surface area is 119 Å². The van der Waals surface area contributed by atoms with Gasteiger partial charge in [0.05, 0.1) is 23.1 Å². The third kappa shape index (κ3) is 3.53. The SMILES string of the molecule is Cc1ccncc1NC(=O)Nc1cc(C(=O)O)ccc1F. The van der Waals surface area contributed by atoms with Gasteiger partial charge in [0.25, 0.3) is 0 Å². The van der Waals surface area contributed by atoms with Crippen molar-refractivity contribution in [3.05, 3.63) is 53.6 Å². The molecule has 2 amide bonds. The summed E-state index contributed by atoms with van der Waals surface area (Å²) in [5.74, 6) is -1.93. The average Bonchev–Trinajstić information content (AvgIpc) is 2.43. The van der Waals surface area contributed by atoms with Crippen molar-refractivity contribution in [2.24, 2.45) is 0 Å². The van der Waals surface area contributed by atoms with E-state index in [-0.39, 0.29) is 11.3 Å². The number of nitrogens with zero attached hydrogens (tertiary/aromatic N) is 1. The van der Waals surface area contributed by atoms with Crippen LogP contribution < -0.4 is 10.6 Å². The van der Waals surface area contributed by atoms with Crippen molar-refractivity contribution in [2.75, 3.05) is 10.6 Å². The van der Waals surface area contributed by atoms with Crippen molar-refractivity contribution >= 4 is 23.4 Å². The fourth-order valence-corrected chi connectivity index (χ4v) is 1.62. The van der Waals surface area contributed by atoms with Crippen molar-refractivity contribution in [3.8, 4) is 0 Å². The van der Waals surface area contributed by atoms with Crippen LogP contribution in [0.2, 0.25) is 0 Å². The van der Waals surface area contributed by atoms with Crippen LogP contribution in [0, 0.1) is 12.7 Å². The van der Waals surface area contributed by atoms with Gasteiger partial charge >= 0.3 is 12.0 Å². The molecule has 3 N–H and O–H groups in total. The molecule has 1 aromatic carbocycles. The summed E-state index contributed by atoms with van der Waals surface area (Å²) < 4.78 is 13.6. The second-order valence-electron chi connectivity index (χ2n) is 4.27. The monoisotopic (exact) mass is 289 g/mol. The summed E-state index contributed by atoms with van der Waals surface area (Å²) in [7, 11) is 0. The molecule has 0 aliphatic rings. The Kier molecular flexibility index (Phi) is 4.13. The number of carboxylic acids is 1. The molecule has 0 unspecified atom stereocenters. The molecule has 0 fully saturated rings. The lowest BCUT2D eigenvalue weighted by molar-refractivity contribution is 0.0697. The zero-order valence-electron chi connectivity index (χ0n) is 11.1. The van der Waals surface area contributed by atoms with Gasteiger partial charge in [0.1, 0.15) is 5.82 Å². The van der Waals surface area contributed by atoms with Crippen LogP contribution in [0.15, 0.2) is 36.7 Å². The van der Waals surface area contributed by atoms with E-state index in [1.807, 2.05) is 0 Å². The number of carbonyl (C=O) groups is 2. The first-order valence-corrected chi connectivity index (χ1v) is 5.99. The molecule has 0 atom stereocenters. The Bertz CT molecular complexity index is 704. The summed E-state index contributed by atoms with van der Waals surface area (Å²) >= 11 is 0. The van der Waals surface area contributed by atoms with Crippen LogP contribution in [0.5, 0.6) is 0 Å². The largest absolute Gasteiger partial charge is 0.478 e. The predicted octanol–water partition coefficient (Wildman–Crippen LogP) is 2.87. The highest BCUT2D eigenvalue weighted by atomic mass is 19.1. The summed E-state index contributed by atoms with van der Waals surface area (Å²) in [5.41, 5.74) is 0.933. The van der Waals surface area contributed by atoms with E-state index in [0.717, 1.165) is 23.8 Å². The van der Waals surface area contributed by atoms with E-state index in [1.54, 1.807) is 19.2 Å². The lowest BCUT2D eigenvalue weighted by Gasteiger charge is -2.10. The fraction of sp³-hybridized carbons (Fsp3) is 0.0714. The maximum absolute atomic E-state index is 13.6. The molecule has 2 rings (SSSR count). The Hall–Kier alpha value is -2.96. The minimum absolute atomic E-state index is 0.121. The van der Waals surface area contributed by atoms with Crippen molar-refractivity contribution in [2.45, 2.75) is 6.92 Å².